The Bertz CT molecular complexity index is 1110. The van der Waals surface area contributed by atoms with Crippen molar-refractivity contribution in [3.63, 3.8) is 0 Å². The summed E-state index contributed by atoms with van der Waals surface area (Å²) in [6.45, 7) is 1.38. The van der Waals surface area contributed by atoms with Crippen molar-refractivity contribution in [2.24, 2.45) is 0 Å². The van der Waals surface area contributed by atoms with E-state index in [0.717, 1.165) is 28.2 Å². The maximum Gasteiger partial charge on any atom is 0.263 e. The van der Waals surface area contributed by atoms with Gasteiger partial charge in [0, 0.05) is 49.2 Å². The van der Waals surface area contributed by atoms with Gasteiger partial charge in [0.1, 0.15) is 5.82 Å². The highest BCUT2D eigenvalue weighted by Gasteiger charge is 2.34. The molecule has 1 N–H and O–H groups in total. The summed E-state index contributed by atoms with van der Waals surface area (Å²) in [7, 11) is -1.93. The number of rotatable bonds is 7. The molecule has 0 bridgehead atoms. The summed E-state index contributed by atoms with van der Waals surface area (Å²) in [5.41, 5.74) is 0.825. The molecule has 0 spiro atoms. The molecule has 1 aromatic heterocycles. The molecule has 2 aromatic carbocycles. The lowest BCUT2D eigenvalue weighted by molar-refractivity contribution is -0.0948. The molecule has 0 aliphatic carbocycles. The fourth-order valence-corrected chi connectivity index (χ4v) is 5.48. The molecule has 2 heterocycles. The van der Waals surface area contributed by atoms with Crippen LogP contribution in [0.15, 0.2) is 87.6 Å². The van der Waals surface area contributed by atoms with Gasteiger partial charge in [-0.3, -0.25) is 4.72 Å². The number of hydrogen-bond acceptors (Lipinski definition) is 6. The third kappa shape index (κ3) is 5.10. The van der Waals surface area contributed by atoms with Crippen LogP contribution in [0.4, 0.5) is 5.82 Å². The van der Waals surface area contributed by atoms with Crippen LogP contribution < -0.4 is 4.72 Å². The van der Waals surface area contributed by atoms with Crippen LogP contribution in [0, 0.1) is 0 Å². The second-order valence-electron chi connectivity index (χ2n) is 7.23. The first-order valence-corrected chi connectivity index (χ1v) is 12.3. The van der Waals surface area contributed by atoms with Crippen molar-refractivity contribution in [3.8, 4) is 0 Å². The number of methoxy groups -OCH3 is 1. The van der Waals surface area contributed by atoms with Crippen molar-refractivity contribution >= 4 is 27.6 Å². The topological polar surface area (TPSA) is 77.5 Å². The van der Waals surface area contributed by atoms with Gasteiger partial charge in [-0.05, 0) is 54.1 Å². The van der Waals surface area contributed by atoms with Crippen molar-refractivity contribution in [1.82, 2.24) is 4.98 Å². The molecule has 0 radical (unpaired) electrons. The molecule has 8 heteroatoms. The van der Waals surface area contributed by atoms with Gasteiger partial charge in [0.15, 0.2) is 0 Å². The molecule has 3 aromatic rings. The number of nitrogens with one attached hydrogen (secondary N) is 1. The minimum atomic E-state index is -3.69. The first-order chi connectivity index (χ1) is 15.0. The molecule has 0 atom stereocenters. The van der Waals surface area contributed by atoms with Crippen LogP contribution in [0.2, 0.25) is 0 Å². The first-order valence-electron chi connectivity index (χ1n) is 9.96. The van der Waals surface area contributed by atoms with E-state index >= 15 is 0 Å². The summed E-state index contributed by atoms with van der Waals surface area (Å²) in [5.74, 6) is 0.290. The van der Waals surface area contributed by atoms with Crippen molar-refractivity contribution in [3.05, 3.63) is 78.5 Å². The van der Waals surface area contributed by atoms with E-state index in [1.54, 1.807) is 55.4 Å². The molecule has 0 unspecified atom stereocenters. The van der Waals surface area contributed by atoms with Gasteiger partial charge in [0.25, 0.3) is 10.0 Å². The van der Waals surface area contributed by atoms with Gasteiger partial charge in [-0.2, -0.15) is 0 Å². The van der Waals surface area contributed by atoms with Crippen LogP contribution in [0.1, 0.15) is 18.4 Å². The first kappa shape index (κ1) is 21.8. The van der Waals surface area contributed by atoms with E-state index in [0.29, 0.717) is 13.2 Å². The normalized spacial score (nSPS) is 16.0. The number of ether oxygens (including phenoxy) is 2. The Kier molecular flexibility index (Phi) is 6.62. The molecule has 31 heavy (non-hydrogen) atoms. The number of hydrogen-bond donors (Lipinski definition) is 1. The maximum absolute atomic E-state index is 12.6. The van der Waals surface area contributed by atoms with E-state index in [2.05, 4.69) is 21.8 Å². The summed E-state index contributed by atoms with van der Waals surface area (Å²) in [6.07, 6.45) is 3.20. The van der Waals surface area contributed by atoms with Gasteiger partial charge in [-0.25, -0.2) is 13.4 Å². The summed E-state index contributed by atoms with van der Waals surface area (Å²) in [4.78, 5) is 6.22. The average Bonchev–Trinajstić information content (AvgIpc) is 2.80. The Morgan fingerprint density at radius 2 is 1.77 bits per heavy atom. The lowest BCUT2D eigenvalue weighted by Gasteiger charge is -2.36. The highest BCUT2D eigenvalue weighted by molar-refractivity contribution is 7.99. The van der Waals surface area contributed by atoms with Gasteiger partial charge in [-0.15, -0.1) is 0 Å². The number of pyridine rings is 1. The van der Waals surface area contributed by atoms with Gasteiger partial charge < -0.3 is 9.47 Å². The predicted octanol–water partition coefficient (Wildman–Crippen LogP) is 4.69. The van der Waals surface area contributed by atoms with E-state index in [1.807, 2.05) is 24.3 Å². The largest absolute Gasteiger partial charge is 0.381 e. The molecule has 6 nitrogen and oxygen atoms in total. The molecule has 4 rings (SSSR count). The Labute approximate surface area is 187 Å². The lowest BCUT2D eigenvalue weighted by atomic mass is 9.86. The van der Waals surface area contributed by atoms with Crippen LogP contribution in [-0.4, -0.2) is 33.7 Å². The number of aromatic nitrogens is 1. The van der Waals surface area contributed by atoms with Crippen LogP contribution in [0.3, 0.4) is 0 Å². The second-order valence-corrected chi connectivity index (χ2v) is 10.1. The molecule has 0 amide bonds. The molecule has 1 aliphatic rings. The fraction of sp³-hybridized carbons (Fsp3) is 0.261. The predicted molar refractivity (Wildman–Crippen MR) is 121 cm³/mol. The maximum atomic E-state index is 12.6. The Balaban J connectivity index is 1.49. The van der Waals surface area contributed by atoms with Crippen molar-refractivity contribution in [1.29, 1.82) is 0 Å². The Morgan fingerprint density at radius 1 is 1.00 bits per heavy atom. The minimum absolute atomic E-state index is 0.191. The molecule has 1 fully saturated rings. The summed E-state index contributed by atoms with van der Waals surface area (Å²) in [5, 5.41) is 0. The zero-order valence-electron chi connectivity index (χ0n) is 17.2. The average molecular weight is 457 g/mol. The molecular weight excluding hydrogens is 432 g/mol. The van der Waals surface area contributed by atoms with Gasteiger partial charge >= 0.3 is 0 Å². The highest BCUT2D eigenvalue weighted by Crippen LogP contribution is 2.38. The summed E-state index contributed by atoms with van der Waals surface area (Å²) < 4.78 is 39.1. The van der Waals surface area contributed by atoms with Crippen molar-refractivity contribution < 1.29 is 17.9 Å². The van der Waals surface area contributed by atoms with Crippen molar-refractivity contribution in [2.75, 3.05) is 25.0 Å². The van der Waals surface area contributed by atoms with Crippen LogP contribution in [0.25, 0.3) is 0 Å². The third-order valence-electron chi connectivity index (χ3n) is 5.32. The summed E-state index contributed by atoms with van der Waals surface area (Å²) in [6, 6.07) is 20.2. The smallest absolute Gasteiger partial charge is 0.263 e. The molecular formula is C23H24N2O4S2. The van der Waals surface area contributed by atoms with E-state index in [1.165, 1.54) is 0 Å². The molecule has 1 aliphatic heterocycles. The van der Waals surface area contributed by atoms with E-state index in [-0.39, 0.29) is 16.3 Å². The summed E-state index contributed by atoms with van der Waals surface area (Å²) >= 11 is 1.58. The minimum Gasteiger partial charge on any atom is -0.381 e. The fourth-order valence-electron chi connectivity index (χ4n) is 3.60. The number of sulfonamides is 1. The second kappa shape index (κ2) is 9.40. The molecule has 1 saturated heterocycles. The quantitative estimate of drug-likeness (QED) is 0.556. The van der Waals surface area contributed by atoms with E-state index in [9.17, 15) is 8.42 Å². The number of anilines is 1. The van der Waals surface area contributed by atoms with Gasteiger partial charge in [0.2, 0.25) is 0 Å². The van der Waals surface area contributed by atoms with Crippen LogP contribution >= 0.6 is 11.8 Å². The monoisotopic (exact) mass is 456 g/mol. The molecule has 162 valence electrons. The Hall–Kier alpha value is -2.39. The zero-order chi connectivity index (χ0) is 21.7. The highest BCUT2D eigenvalue weighted by atomic mass is 32.2. The van der Waals surface area contributed by atoms with Gasteiger partial charge in [0.05, 0.1) is 10.5 Å². The standard InChI is InChI=1S/C23H24N2O4S2/c1-28-23(12-15-29-16-13-23)18-5-4-6-20(17-18)30-19-8-10-21(11-9-19)31(26,27)25-22-7-2-3-14-24-22/h2-11,14,17H,12-13,15-16H2,1H3,(H,24,25). The van der Waals surface area contributed by atoms with Crippen LogP contribution in [0.5, 0.6) is 0 Å². The van der Waals surface area contributed by atoms with E-state index in [4.69, 9.17) is 9.47 Å². The molecule has 0 saturated carbocycles. The Morgan fingerprint density at radius 3 is 2.45 bits per heavy atom. The number of benzene rings is 2. The lowest BCUT2D eigenvalue weighted by Crippen LogP contribution is -2.35. The van der Waals surface area contributed by atoms with Crippen LogP contribution in [-0.2, 0) is 25.1 Å². The number of nitrogens with zero attached hydrogens (tertiary/aromatic N) is 1. The van der Waals surface area contributed by atoms with E-state index < -0.39 is 10.0 Å². The van der Waals surface area contributed by atoms with Gasteiger partial charge in [-0.1, -0.05) is 30.0 Å². The van der Waals surface area contributed by atoms with Crippen molar-refractivity contribution in [2.45, 2.75) is 33.1 Å². The SMILES string of the molecule is COC1(c2cccc(Sc3ccc(S(=O)(=O)Nc4ccccn4)cc3)c2)CCOCC1. The zero-order valence-corrected chi connectivity index (χ0v) is 18.8. The third-order valence-corrected chi connectivity index (χ3v) is 7.69.